The summed E-state index contributed by atoms with van der Waals surface area (Å²) in [4.78, 5) is 23.3. The van der Waals surface area contributed by atoms with Crippen LogP contribution in [-0.4, -0.2) is 29.0 Å². The van der Waals surface area contributed by atoms with Crippen LogP contribution < -0.4 is 10.2 Å². The van der Waals surface area contributed by atoms with Crippen molar-refractivity contribution in [3.05, 3.63) is 90.0 Å². The van der Waals surface area contributed by atoms with Crippen LogP contribution in [0.2, 0.25) is 0 Å². The van der Waals surface area contributed by atoms with Crippen molar-refractivity contribution in [1.29, 1.82) is 0 Å². The lowest BCUT2D eigenvalue weighted by molar-refractivity contribution is 0.0945. The highest BCUT2D eigenvalue weighted by atomic mass is 16.1. The van der Waals surface area contributed by atoms with E-state index in [1.807, 2.05) is 30.3 Å². The molecule has 4 rings (SSSR count). The number of hydrogen-bond acceptors (Lipinski definition) is 4. The van der Waals surface area contributed by atoms with Crippen molar-refractivity contribution in [2.45, 2.75) is 25.8 Å². The molecule has 1 saturated heterocycles. The molecule has 3 heterocycles. The maximum absolute atomic E-state index is 12.5. The van der Waals surface area contributed by atoms with Crippen LogP contribution in [0, 0.1) is 5.92 Å². The number of amides is 1. The van der Waals surface area contributed by atoms with Gasteiger partial charge in [0, 0.05) is 31.2 Å². The summed E-state index contributed by atoms with van der Waals surface area (Å²) in [5, 5.41) is 2.90. The number of hydrogen-bond donors (Lipinski definition) is 1. The lowest BCUT2D eigenvalue weighted by atomic mass is 9.90. The summed E-state index contributed by atoms with van der Waals surface area (Å²) in [6.07, 6.45) is 6.92. The van der Waals surface area contributed by atoms with E-state index >= 15 is 0 Å². The predicted molar refractivity (Wildman–Crippen MR) is 115 cm³/mol. The highest BCUT2D eigenvalue weighted by molar-refractivity contribution is 5.93. The zero-order chi connectivity index (χ0) is 19.9. The topological polar surface area (TPSA) is 58.1 Å². The summed E-state index contributed by atoms with van der Waals surface area (Å²) in [7, 11) is 0. The molecule has 148 valence electrons. The van der Waals surface area contributed by atoms with Gasteiger partial charge in [-0.3, -0.25) is 14.8 Å². The lowest BCUT2D eigenvalue weighted by Gasteiger charge is -2.33. The third-order valence-corrected chi connectivity index (χ3v) is 5.48. The Kier molecular flexibility index (Phi) is 6.15. The van der Waals surface area contributed by atoms with Crippen LogP contribution in [0.5, 0.6) is 0 Å². The van der Waals surface area contributed by atoms with Crippen molar-refractivity contribution < 1.29 is 4.79 Å². The molecule has 1 N–H and O–H groups in total. The first-order valence-electron chi connectivity index (χ1n) is 10.2. The number of carbonyl (C=O) groups excluding carboxylic acids is 1. The molecule has 1 fully saturated rings. The van der Waals surface area contributed by atoms with Crippen molar-refractivity contribution in [2.24, 2.45) is 5.92 Å². The standard InChI is InChI=1S/C24H26N4O/c29-24(27-18-21-8-4-5-12-25-21)23-17-22(9-13-26-23)28-14-10-20(11-15-28)16-19-6-2-1-3-7-19/h1-9,12-13,17,20H,10-11,14-16,18H2,(H,27,29). The minimum absolute atomic E-state index is 0.170. The Balaban J connectivity index is 1.32. The molecular formula is C24H26N4O. The fourth-order valence-electron chi connectivity index (χ4n) is 3.85. The summed E-state index contributed by atoms with van der Waals surface area (Å²) in [6.45, 7) is 2.42. The number of benzene rings is 1. The summed E-state index contributed by atoms with van der Waals surface area (Å²) >= 11 is 0. The molecular weight excluding hydrogens is 360 g/mol. The molecule has 1 aromatic carbocycles. The summed E-state index contributed by atoms with van der Waals surface area (Å²) < 4.78 is 0. The van der Waals surface area contributed by atoms with E-state index in [-0.39, 0.29) is 5.91 Å². The second kappa shape index (κ2) is 9.32. The average Bonchev–Trinajstić information content (AvgIpc) is 2.79. The molecule has 0 atom stereocenters. The highest BCUT2D eigenvalue weighted by Gasteiger charge is 2.20. The van der Waals surface area contributed by atoms with Crippen LogP contribution in [0.4, 0.5) is 5.69 Å². The van der Waals surface area contributed by atoms with Crippen molar-refractivity contribution in [3.8, 4) is 0 Å². The summed E-state index contributed by atoms with van der Waals surface area (Å²) in [6, 6.07) is 20.3. The Morgan fingerprint density at radius 3 is 2.52 bits per heavy atom. The minimum atomic E-state index is -0.170. The minimum Gasteiger partial charge on any atom is -0.371 e. The zero-order valence-electron chi connectivity index (χ0n) is 16.5. The van der Waals surface area contributed by atoms with E-state index in [4.69, 9.17) is 0 Å². The number of pyridine rings is 2. The van der Waals surface area contributed by atoms with Gasteiger partial charge in [-0.05, 0) is 55.0 Å². The Morgan fingerprint density at radius 2 is 1.76 bits per heavy atom. The van der Waals surface area contributed by atoms with Crippen LogP contribution in [0.1, 0.15) is 34.6 Å². The first kappa shape index (κ1) is 19.1. The molecule has 1 aliphatic rings. The van der Waals surface area contributed by atoms with E-state index in [2.05, 4.69) is 50.5 Å². The molecule has 0 aliphatic carbocycles. The van der Waals surface area contributed by atoms with Gasteiger partial charge in [-0.2, -0.15) is 0 Å². The number of piperidine rings is 1. The van der Waals surface area contributed by atoms with Crippen LogP contribution in [0.25, 0.3) is 0 Å². The van der Waals surface area contributed by atoms with Gasteiger partial charge in [0.25, 0.3) is 5.91 Å². The number of nitrogens with one attached hydrogen (secondary N) is 1. The monoisotopic (exact) mass is 386 g/mol. The van der Waals surface area contributed by atoms with Gasteiger partial charge in [-0.1, -0.05) is 36.4 Å². The van der Waals surface area contributed by atoms with Gasteiger partial charge in [-0.15, -0.1) is 0 Å². The Bertz CT molecular complexity index is 922. The zero-order valence-corrected chi connectivity index (χ0v) is 16.5. The molecule has 5 heteroatoms. The number of anilines is 1. The number of nitrogens with zero attached hydrogens (tertiary/aromatic N) is 3. The third-order valence-electron chi connectivity index (χ3n) is 5.48. The molecule has 0 bridgehead atoms. The van der Waals surface area contributed by atoms with Gasteiger partial charge in [0.2, 0.25) is 0 Å². The van der Waals surface area contributed by atoms with Crippen LogP contribution in [-0.2, 0) is 13.0 Å². The lowest BCUT2D eigenvalue weighted by Crippen LogP contribution is -2.34. The fourth-order valence-corrected chi connectivity index (χ4v) is 3.85. The van der Waals surface area contributed by atoms with Crippen LogP contribution in [0.15, 0.2) is 73.1 Å². The van der Waals surface area contributed by atoms with E-state index in [0.29, 0.717) is 12.2 Å². The molecule has 0 saturated carbocycles. The summed E-state index contributed by atoms with van der Waals surface area (Å²) in [5.74, 6) is 0.549. The first-order valence-corrected chi connectivity index (χ1v) is 10.2. The molecule has 0 unspecified atom stereocenters. The fraction of sp³-hybridized carbons (Fsp3) is 0.292. The maximum Gasteiger partial charge on any atom is 0.270 e. The third kappa shape index (κ3) is 5.19. The Hall–Kier alpha value is -3.21. The van der Waals surface area contributed by atoms with E-state index < -0.39 is 0 Å². The Morgan fingerprint density at radius 1 is 0.966 bits per heavy atom. The van der Waals surface area contributed by atoms with Crippen molar-refractivity contribution in [2.75, 3.05) is 18.0 Å². The number of rotatable bonds is 6. The van der Waals surface area contributed by atoms with Gasteiger partial charge >= 0.3 is 0 Å². The Labute approximate surface area is 171 Å². The van der Waals surface area contributed by atoms with E-state index in [1.54, 1.807) is 12.4 Å². The molecule has 29 heavy (non-hydrogen) atoms. The second-order valence-corrected chi connectivity index (χ2v) is 7.52. The smallest absolute Gasteiger partial charge is 0.270 e. The van der Waals surface area contributed by atoms with Gasteiger partial charge in [-0.25, -0.2) is 0 Å². The average molecular weight is 386 g/mol. The summed E-state index contributed by atoms with van der Waals surface area (Å²) in [5.41, 5.74) is 3.77. The SMILES string of the molecule is O=C(NCc1ccccn1)c1cc(N2CCC(Cc3ccccc3)CC2)ccn1. The molecule has 3 aromatic rings. The molecule has 5 nitrogen and oxygen atoms in total. The van der Waals surface area contributed by atoms with Gasteiger partial charge < -0.3 is 10.2 Å². The number of carbonyl (C=O) groups is 1. The van der Waals surface area contributed by atoms with Gasteiger partial charge in [0.05, 0.1) is 12.2 Å². The van der Waals surface area contributed by atoms with E-state index in [9.17, 15) is 4.79 Å². The van der Waals surface area contributed by atoms with Crippen molar-refractivity contribution in [1.82, 2.24) is 15.3 Å². The first-order chi connectivity index (χ1) is 14.3. The van der Waals surface area contributed by atoms with E-state index in [1.165, 1.54) is 18.4 Å². The van der Waals surface area contributed by atoms with E-state index in [0.717, 1.165) is 36.8 Å². The van der Waals surface area contributed by atoms with Gasteiger partial charge in [0.15, 0.2) is 0 Å². The maximum atomic E-state index is 12.5. The molecule has 1 amide bonds. The highest BCUT2D eigenvalue weighted by Crippen LogP contribution is 2.26. The molecule has 1 aliphatic heterocycles. The number of aromatic nitrogens is 2. The normalized spacial score (nSPS) is 14.6. The van der Waals surface area contributed by atoms with Crippen molar-refractivity contribution >= 4 is 11.6 Å². The van der Waals surface area contributed by atoms with Crippen molar-refractivity contribution in [3.63, 3.8) is 0 Å². The molecule has 0 spiro atoms. The van der Waals surface area contributed by atoms with Crippen LogP contribution in [0.3, 0.4) is 0 Å². The predicted octanol–water partition coefficient (Wildman–Crippen LogP) is 3.87. The second-order valence-electron chi connectivity index (χ2n) is 7.52. The quantitative estimate of drug-likeness (QED) is 0.699. The van der Waals surface area contributed by atoms with Crippen LogP contribution >= 0.6 is 0 Å². The molecule has 2 aromatic heterocycles. The molecule has 0 radical (unpaired) electrons. The van der Waals surface area contributed by atoms with Gasteiger partial charge in [0.1, 0.15) is 5.69 Å². The largest absolute Gasteiger partial charge is 0.371 e.